The number of ketones is 1. The molecule has 1 N–H and O–H groups in total. The lowest BCUT2D eigenvalue weighted by Crippen LogP contribution is -2.45. The SMILES string of the molecule is C.COC(=O)[C@@H](CC(=O)[C@H](C(C)C)N(OO)OOS)Cc1ccc(F)cc1. The van der Waals surface area contributed by atoms with Gasteiger partial charge in [-0.05, 0) is 30.0 Å². The molecule has 0 aliphatic heterocycles. The van der Waals surface area contributed by atoms with Crippen LogP contribution in [0.3, 0.4) is 0 Å². The fourth-order valence-corrected chi connectivity index (χ4v) is 2.62. The number of benzene rings is 1. The molecule has 0 aliphatic rings. The molecule has 0 radical (unpaired) electrons. The van der Waals surface area contributed by atoms with E-state index in [1.807, 2.05) is 0 Å². The van der Waals surface area contributed by atoms with Crippen molar-refractivity contribution in [2.45, 2.75) is 40.2 Å². The van der Waals surface area contributed by atoms with Crippen molar-refractivity contribution in [2.24, 2.45) is 11.8 Å². The van der Waals surface area contributed by atoms with Crippen LogP contribution in [0.25, 0.3) is 0 Å². The second kappa shape index (κ2) is 12.8. The molecule has 0 fully saturated rings. The van der Waals surface area contributed by atoms with Gasteiger partial charge in [-0.2, -0.15) is 0 Å². The third-order valence-electron chi connectivity index (χ3n) is 3.75. The number of esters is 1. The summed E-state index contributed by atoms with van der Waals surface area (Å²) >= 11 is 3.37. The topological polar surface area (TPSA) is 94.5 Å². The van der Waals surface area contributed by atoms with E-state index in [1.165, 1.54) is 31.4 Å². The number of hydroxylamine groups is 2. The van der Waals surface area contributed by atoms with Gasteiger partial charge in [-0.1, -0.05) is 38.4 Å². The normalized spacial score (nSPS) is 13.2. The van der Waals surface area contributed by atoms with Gasteiger partial charge in [0.05, 0.1) is 13.0 Å². The molecule has 1 aromatic carbocycles. The summed E-state index contributed by atoms with van der Waals surface area (Å²) in [7, 11) is 1.21. The van der Waals surface area contributed by atoms with E-state index in [1.54, 1.807) is 13.8 Å². The summed E-state index contributed by atoms with van der Waals surface area (Å²) in [6, 6.07) is 4.50. The van der Waals surface area contributed by atoms with Crippen molar-refractivity contribution in [2.75, 3.05) is 7.11 Å². The Bertz CT molecular complexity index is 585. The second-order valence-corrected chi connectivity index (χ2v) is 6.08. The molecule has 0 bridgehead atoms. The highest BCUT2D eigenvalue weighted by Gasteiger charge is 2.35. The highest BCUT2D eigenvalue weighted by molar-refractivity contribution is 7.74. The molecule has 2 atom stereocenters. The van der Waals surface area contributed by atoms with Crippen LogP contribution in [0.15, 0.2) is 24.3 Å². The van der Waals surface area contributed by atoms with Crippen molar-refractivity contribution in [3.63, 3.8) is 0 Å². The van der Waals surface area contributed by atoms with Crippen molar-refractivity contribution >= 4 is 24.7 Å². The number of nitrogens with zero attached hydrogens (tertiary/aromatic N) is 1. The van der Waals surface area contributed by atoms with Crippen molar-refractivity contribution < 1.29 is 38.3 Å². The summed E-state index contributed by atoms with van der Waals surface area (Å²) in [5.41, 5.74) is 0.668. The molecule has 0 aromatic heterocycles. The minimum absolute atomic E-state index is 0. The van der Waals surface area contributed by atoms with Crippen LogP contribution in [-0.2, 0) is 35.1 Å². The molecule has 8 nitrogen and oxygen atoms in total. The van der Waals surface area contributed by atoms with Gasteiger partial charge in [0, 0.05) is 24.6 Å². The summed E-state index contributed by atoms with van der Waals surface area (Å²) in [6.45, 7) is 3.37. The Balaban J connectivity index is 0.00000676. The lowest BCUT2D eigenvalue weighted by molar-refractivity contribution is -0.577. The van der Waals surface area contributed by atoms with Crippen LogP contribution in [0.1, 0.15) is 33.3 Å². The molecule has 0 saturated heterocycles. The number of thiol groups is 1. The quantitative estimate of drug-likeness (QED) is 0.190. The Morgan fingerprint density at radius 1 is 1.26 bits per heavy atom. The molecule has 0 heterocycles. The number of Topliss-reactive ketones (excluding diaryl/α,β-unsaturated/α-hetero) is 1. The zero-order chi connectivity index (χ0) is 19.7. The molecule has 27 heavy (non-hydrogen) atoms. The molecule has 0 aliphatic carbocycles. The molecule has 0 unspecified atom stereocenters. The summed E-state index contributed by atoms with van der Waals surface area (Å²) in [6.07, 6.45) is -0.0455. The van der Waals surface area contributed by atoms with Crippen molar-refractivity contribution in [3.05, 3.63) is 35.6 Å². The van der Waals surface area contributed by atoms with E-state index in [0.717, 1.165) is 0 Å². The number of carbonyl (C=O) groups is 2. The number of carbonyl (C=O) groups excluding carboxylic acids is 2. The minimum Gasteiger partial charge on any atom is -0.469 e. The molecular formula is C17H26FNO7S. The fraction of sp³-hybridized carbons (Fsp3) is 0.529. The van der Waals surface area contributed by atoms with Gasteiger partial charge in [-0.25, -0.2) is 9.65 Å². The predicted octanol–water partition coefficient (Wildman–Crippen LogP) is 3.19. The van der Waals surface area contributed by atoms with E-state index in [-0.39, 0.29) is 26.2 Å². The van der Waals surface area contributed by atoms with Gasteiger partial charge in [-0.15, -0.1) is 9.32 Å². The van der Waals surface area contributed by atoms with Gasteiger partial charge in [0.2, 0.25) is 0 Å². The van der Waals surface area contributed by atoms with Gasteiger partial charge in [0.15, 0.2) is 5.78 Å². The molecule has 0 saturated carbocycles. The van der Waals surface area contributed by atoms with Gasteiger partial charge in [0.1, 0.15) is 11.9 Å². The zero-order valence-electron chi connectivity index (χ0n) is 14.6. The zero-order valence-corrected chi connectivity index (χ0v) is 15.5. The Hall–Kier alpha value is -1.56. The van der Waals surface area contributed by atoms with E-state index in [2.05, 4.69) is 27.2 Å². The van der Waals surface area contributed by atoms with Crippen molar-refractivity contribution in [3.8, 4) is 0 Å². The first kappa shape index (κ1) is 25.4. The molecule has 154 valence electrons. The van der Waals surface area contributed by atoms with E-state index in [4.69, 9.17) is 9.99 Å². The fourth-order valence-electron chi connectivity index (χ4n) is 2.55. The van der Waals surface area contributed by atoms with Crippen molar-refractivity contribution in [1.82, 2.24) is 5.23 Å². The third kappa shape index (κ3) is 7.91. The highest BCUT2D eigenvalue weighted by Crippen LogP contribution is 2.21. The average molecular weight is 407 g/mol. The maximum absolute atomic E-state index is 13.0. The van der Waals surface area contributed by atoms with Crippen LogP contribution >= 0.6 is 12.9 Å². The van der Waals surface area contributed by atoms with E-state index < -0.39 is 29.5 Å². The van der Waals surface area contributed by atoms with Crippen LogP contribution in [0.5, 0.6) is 0 Å². The lowest BCUT2D eigenvalue weighted by Gasteiger charge is -2.27. The molecule has 10 heteroatoms. The Morgan fingerprint density at radius 2 is 1.85 bits per heavy atom. The average Bonchev–Trinajstić information content (AvgIpc) is 2.61. The Labute approximate surface area is 163 Å². The van der Waals surface area contributed by atoms with Crippen LogP contribution in [0, 0.1) is 17.7 Å². The predicted molar refractivity (Wildman–Crippen MR) is 97.3 cm³/mol. The first-order valence-corrected chi connectivity index (χ1v) is 8.14. The van der Waals surface area contributed by atoms with Crippen LogP contribution in [0.2, 0.25) is 0 Å². The Kier molecular flexibility index (Phi) is 12.0. The molecule has 1 rings (SSSR count). The first-order chi connectivity index (χ1) is 12.3. The van der Waals surface area contributed by atoms with Crippen molar-refractivity contribution in [1.29, 1.82) is 0 Å². The first-order valence-electron chi connectivity index (χ1n) is 7.78. The van der Waals surface area contributed by atoms with Gasteiger partial charge in [-0.3, -0.25) is 9.59 Å². The summed E-state index contributed by atoms with van der Waals surface area (Å²) < 4.78 is 21.9. The summed E-state index contributed by atoms with van der Waals surface area (Å²) in [5.74, 6) is -2.62. The molecular weight excluding hydrogens is 381 g/mol. The smallest absolute Gasteiger partial charge is 0.309 e. The van der Waals surface area contributed by atoms with Gasteiger partial charge in [0.25, 0.3) is 0 Å². The molecule has 0 amide bonds. The minimum atomic E-state index is -1.08. The number of hydrogen-bond donors (Lipinski definition) is 2. The van der Waals surface area contributed by atoms with E-state index >= 15 is 0 Å². The second-order valence-electron chi connectivity index (χ2n) is 5.93. The lowest BCUT2D eigenvalue weighted by atomic mass is 9.89. The number of rotatable bonds is 11. The largest absolute Gasteiger partial charge is 0.469 e. The highest BCUT2D eigenvalue weighted by atomic mass is 32.1. The monoisotopic (exact) mass is 407 g/mol. The van der Waals surface area contributed by atoms with E-state index in [9.17, 15) is 14.0 Å². The van der Waals surface area contributed by atoms with Crippen LogP contribution in [-0.4, -0.2) is 35.4 Å². The van der Waals surface area contributed by atoms with E-state index in [0.29, 0.717) is 10.8 Å². The Morgan fingerprint density at radius 3 is 2.30 bits per heavy atom. The third-order valence-corrected chi connectivity index (χ3v) is 3.82. The number of ether oxygens (including phenoxy) is 1. The summed E-state index contributed by atoms with van der Waals surface area (Å²) in [5, 5.41) is 9.32. The maximum atomic E-state index is 13.0. The number of hydrogen-bond acceptors (Lipinski definition) is 9. The van der Waals surface area contributed by atoms with Gasteiger partial charge >= 0.3 is 5.97 Å². The molecule has 1 aromatic rings. The summed E-state index contributed by atoms with van der Waals surface area (Å²) in [4.78, 5) is 33.2. The van der Waals surface area contributed by atoms with Crippen LogP contribution < -0.4 is 0 Å². The number of methoxy groups -OCH3 is 1. The van der Waals surface area contributed by atoms with Crippen LogP contribution in [0.4, 0.5) is 4.39 Å². The van der Waals surface area contributed by atoms with Gasteiger partial charge < -0.3 is 4.74 Å². The number of halogens is 1. The maximum Gasteiger partial charge on any atom is 0.309 e. The molecule has 0 spiro atoms. The standard InChI is InChI=1S/C16H22FNO7S.CH4/c1-10(2)15(18(23-21)24-25-26)14(19)9-12(16(20)22-3)8-11-4-6-13(17)7-5-11;/h4-7,10,12,15,21,26H,8-9H2,1-3H3;1H4/t12-,15+;/m1./s1.